The summed E-state index contributed by atoms with van der Waals surface area (Å²) in [4.78, 5) is 32.1. The van der Waals surface area contributed by atoms with Crippen molar-refractivity contribution in [2.24, 2.45) is 0 Å². The number of piperidine rings is 1. The van der Waals surface area contributed by atoms with E-state index in [9.17, 15) is 9.59 Å². The van der Waals surface area contributed by atoms with Crippen LogP contribution in [0, 0.1) is 0 Å². The Bertz CT molecular complexity index is 1120. The number of anilines is 3. The number of carbonyl (C=O) groups is 2. The fourth-order valence-corrected chi connectivity index (χ4v) is 4.22. The molecule has 8 heteroatoms. The molecule has 3 N–H and O–H groups in total. The number of amides is 3. The first-order valence-electron chi connectivity index (χ1n) is 11.0. The quantitative estimate of drug-likeness (QED) is 0.416. The number of carbonyl (C=O) groups excluding carboxylic acids is 2. The second kappa shape index (κ2) is 11.0. The van der Waals surface area contributed by atoms with Gasteiger partial charge < -0.3 is 20.9 Å². The molecule has 0 bridgehead atoms. The van der Waals surface area contributed by atoms with Crippen LogP contribution in [0.4, 0.5) is 21.9 Å². The van der Waals surface area contributed by atoms with Crippen LogP contribution in [-0.4, -0.2) is 30.0 Å². The van der Waals surface area contributed by atoms with E-state index in [1.54, 1.807) is 24.5 Å². The summed E-state index contributed by atoms with van der Waals surface area (Å²) in [6, 6.07) is 16.3. The van der Waals surface area contributed by atoms with Crippen LogP contribution in [0.2, 0.25) is 0 Å². The van der Waals surface area contributed by atoms with E-state index in [2.05, 4.69) is 41.8 Å². The van der Waals surface area contributed by atoms with Crippen molar-refractivity contribution in [3.8, 4) is 0 Å². The lowest BCUT2D eigenvalue weighted by atomic mass is 10.1. The van der Waals surface area contributed by atoms with Gasteiger partial charge in [-0.25, -0.2) is 4.79 Å². The minimum absolute atomic E-state index is 0.186. The van der Waals surface area contributed by atoms with Crippen LogP contribution in [0.15, 0.2) is 71.5 Å². The van der Waals surface area contributed by atoms with Crippen molar-refractivity contribution in [1.29, 1.82) is 0 Å². The molecule has 1 fully saturated rings. The van der Waals surface area contributed by atoms with Gasteiger partial charge in [-0.05, 0) is 77.2 Å². The molecule has 2 aromatic carbocycles. The third kappa shape index (κ3) is 6.10. The largest absolute Gasteiger partial charge is 0.371 e. The highest BCUT2D eigenvalue weighted by atomic mass is 79.9. The molecule has 0 atom stereocenters. The first-order chi connectivity index (χ1) is 16.1. The van der Waals surface area contributed by atoms with Crippen LogP contribution in [0.25, 0.3) is 0 Å². The highest BCUT2D eigenvalue weighted by molar-refractivity contribution is 9.10. The average molecular weight is 508 g/mol. The van der Waals surface area contributed by atoms with Gasteiger partial charge in [0.1, 0.15) is 0 Å². The number of benzene rings is 2. The molecule has 0 radical (unpaired) electrons. The van der Waals surface area contributed by atoms with Crippen LogP contribution >= 0.6 is 15.9 Å². The maximum Gasteiger partial charge on any atom is 0.323 e. The van der Waals surface area contributed by atoms with Crippen LogP contribution < -0.4 is 20.9 Å². The molecular formula is C25H26BrN5O2. The fourth-order valence-electron chi connectivity index (χ4n) is 3.83. The molecule has 0 aliphatic carbocycles. The minimum atomic E-state index is -0.380. The minimum Gasteiger partial charge on any atom is -0.371 e. The molecule has 1 aliphatic heterocycles. The summed E-state index contributed by atoms with van der Waals surface area (Å²) in [6.07, 6.45) is 6.84. The van der Waals surface area contributed by atoms with Crippen LogP contribution in [-0.2, 0) is 6.54 Å². The van der Waals surface area contributed by atoms with Gasteiger partial charge in [-0.15, -0.1) is 0 Å². The van der Waals surface area contributed by atoms with Gasteiger partial charge in [0.15, 0.2) is 0 Å². The number of nitrogens with one attached hydrogen (secondary N) is 3. The first-order valence-corrected chi connectivity index (χ1v) is 11.8. The molecule has 170 valence electrons. The molecule has 1 aromatic heterocycles. The summed E-state index contributed by atoms with van der Waals surface area (Å²) in [5.74, 6) is -0.186. The number of rotatable bonds is 6. The average Bonchev–Trinajstić information content (AvgIpc) is 2.85. The zero-order valence-electron chi connectivity index (χ0n) is 18.2. The van der Waals surface area contributed by atoms with Gasteiger partial charge in [0.25, 0.3) is 5.91 Å². The summed E-state index contributed by atoms with van der Waals surface area (Å²) in [6.45, 7) is 2.21. The first kappa shape index (κ1) is 22.8. The number of nitrogens with zero attached hydrogens (tertiary/aromatic N) is 2. The molecule has 2 heterocycles. The van der Waals surface area contributed by atoms with Gasteiger partial charge in [-0.2, -0.15) is 0 Å². The Hall–Kier alpha value is -3.39. The predicted molar refractivity (Wildman–Crippen MR) is 135 cm³/mol. The molecule has 0 saturated carbocycles. The smallest absolute Gasteiger partial charge is 0.323 e. The number of halogens is 1. The molecule has 3 amide bonds. The van der Waals surface area contributed by atoms with E-state index < -0.39 is 0 Å². The van der Waals surface area contributed by atoms with Gasteiger partial charge in [0, 0.05) is 47.9 Å². The van der Waals surface area contributed by atoms with E-state index in [1.807, 2.05) is 42.5 Å². The normalized spacial score (nSPS) is 13.3. The van der Waals surface area contributed by atoms with Gasteiger partial charge in [0.2, 0.25) is 0 Å². The second-order valence-corrected chi connectivity index (χ2v) is 8.74. The second-order valence-electron chi connectivity index (χ2n) is 7.88. The number of pyridine rings is 1. The Morgan fingerprint density at radius 2 is 1.79 bits per heavy atom. The predicted octanol–water partition coefficient (Wildman–Crippen LogP) is 5.41. The van der Waals surface area contributed by atoms with Gasteiger partial charge in [0.05, 0.1) is 11.3 Å². The van der Waals surface area contributed by atoms with Crippen molar-refractivity contribution in [2.75, 3.05) is 28.6 Å². The fraction of sp³-hybridized carbons (Fsp3) is 0.240. The summed E-state index contributed by atoms with van der Waals surface area (Å²) >= 11 is 3.43. The Kier molecular flexibility index (Phi) is 7.57. The van der Waals surface area contributed by atoms with Crippen molar-refractivity contribution in [1.82, 2.24) is 10.3 Å². The Morgan fingerprint density at radius 3 is 2.55 bits per heavy atom. The number of para-hydroxylation sites is 1. The van der Waals surface area contributed by atoms with Gasteiger partial charge >= 0.3 is 6.03 Å². The molecule has 4 rings (SSSR count). The molecular weight excluding hydrogens is 482 g/mol. The monoisotopic (exact) mass is 507 g/mol. The molecule has 0 unspecified atom stereocenters. The zero-order chi connectivity index (χ0) is 23.0. The molecule has 3 aromatic rings. The highest BCUT2D eigenvalue weighted by Gasteiger charge is 2.20. The topological polar surface area (TPSA) is 86.4 Å². The van der Waals surface area contributed by atoms with E-state index >= 15 is 0 Å². The number of hydrogen-bond donors (Lipinski definition) is 3. The summed E-state index contributed by atoms with van der Waals surface area (Å²) in [5, 5.41) is 8.64. The lowest BCUT2D eigenvalue weighted by molar-refractivity contribution is 0.0951. The number of hydrogen-bond acceptors (Lipinski definition) is 4. The van der Waals surface area contributed by atoms with Crippen LogP contribution in [0.5, 0.6) is 0 Å². The van der Waals surface area contributed by atoms with E-state index in [4.69, 9.17) is 0 Å². The zero-order valence-corrected chi connectivity index (χ0v) is 19.8. The van der Waals surface area contributed by atoms with Gasteiger partial charge in [-0.1, -0.05) is 18.2 Å². The maximum absolute atomic E-state index is 13.2. The Morgan fingerprint density at radius 1 is 0.970 bits per heavy atom. The number of urea groups is 1. The van der Waals surface area contributed by atoms with Crippen molar-refractivity contribution in [3.05, 3.63) is 82.6 Å². The molecule has 33 heavy (non-hydrogen) atoms. The number of aromatic nitrogens is 1. The third-order valence-electron chi connectivity index (χ3n) is 5.49. The van der Waals surface area contributed by atoms with Crippen molar-refractivity contribution >= 4 is 44.9 Å². The highest BCUT2D eigenvalue weighted by Crippen LogP contribution is 2.28. The molecule has 1 aliphatic rings. The Balaban J connectivity index is 1.52. The van der Waals surface area contributed by atoms with Crippen molar-refractivity contribution < 1.29 is 9.59 Å². The van der Waals surface area contributed by atoms with E-state index in [-0.39, 0.29) is 11.9 Å². The molecule has 1 saturated heterocycles. The van der Waals surface area contributed by atoms with Crippen molar-refractivity contribution in [3.63, 3.8) is 0 Å². The van der Waals surface area contributed by atoms with Crippen molar-refractivity contribution in [2.45, 2.75) is 25.8 Å². The van der Waals surface area contributed by atoms with E-state index in [0.29, 0.717) is 23.5 Å². The van der Waals surface area contributed by atoms with Gasteiger partial charge in [-0.3, -0.25) is 9.78 Å². The standard InChI is InChI=1S/C25H26BrN5O2/c26-21-8-2-3-9-22(21)30-25(33)29-19-10-11-23(31-13-4-1-5-14-31)20(15-19)24(32)28-17-18-7-6-12-27-16-18/h2-3,6-12,15-16H,1,4-5,13-14,17H2,(H,28,32)(H2,29,30,33). The third-order valence-corrected chi connectivity index (χ3v) is 6.19. The molecule has 0 spiro atoms. The maximum atomic E-state index is 13.2. The van der Waals surface area contributed by atoms with Crippen LogP contribution in [0.1, 0.15) is 35.2 Å². The summed E-state index contributed by atoms with van der Waals surface area (Å²) in [7, 11) is 0. The Labute approximate surface area is 201 Å². The SMILES string of the molecule is O=C(Nc1ccc(N2CCCCC2)c(C(=O)NCc2cccnc2)c1)Nc1ccccc1Br. The summed E-state index contributed by atoms with van der Waals surface area (Å²) in [5.41, 5.74) is 3.56. The van der Waals surface area contributed by atoms with Crippen LogP contribution in [0.3, 0.4) is 0 Å². The molecule has 7 nitrogen and oxygen atoms in total. The van der Waals surface area contributed by atoms with E-state index in [1.165, 1.54) is 6.42 Å². The lowest BCUT2D eigenvalue weighted by Crippen LogP contribution is -2.33. The van der Waals surface area contributed by atoms with E-state index in [0.717, 1.165) is 41.7 Å². The summed E-state index contributed by atoms with van der Waals surface area (Å²) < 4.78 is 0.788. The lowest BCUT2D eigenvalue weighted by Gasteiger charge is -2.30.